The van der Waals surface area contributed by atoms with Gasteiger partial charge < -0.3 is 9.64 Å². The van der Waals surface area contributed by atoms with Crippen molar-refractivity contribution >= 4 is 32.4 Å². The van der Waals surface area contributed by atoms with Crippen LogP contribution in [0, 0.1) is 6.92 Å². The third-order valence-corrected chi connectivity index (χ3v) is 4.64. The van der Waals surface area contributed by atoms with Gasteiger partial charge in [-0.3, -0.25) is 0 Å². The summed E-state index contributed by atoms with van der Waals surface area (Å²) < 4.78 is 7.09. The van der Waals surface area contributed by atoms with Crippen molar-refractivity contribution in [1.29, 1.82) is 0 Å². The Kier molecular flexibility index (Phi) is 3.30. The molecule has 0 radical (unpaired) electrons. The SMILES string of the molecule is Cc1cccc(N2COc3ccc4cc(Br)ccc4c3C2)c1. The maximum absolute atomic E-state index is 5.98. The van der Waals surface area contributed by atoms with E-state index in [9.17, 15) is 0 Å². The fourth-order valence-electron chi connectivity index (χ4n) is 3.02. The zero-order valence-electron chi connectivity index (χ0n) is 12.3. The monoisotopic (exact) mass is 353 g/mol. The van der Waals surface area contributed by atoms with Gasteiger partial charge in [0.15, 0.2) is 6.73 Å². The average Bonchev–Trinajstić information content (AvgIpc) is 2.54. The molecule has 4 rings (SSSR count). The zero-order chi connectivity index (χ0) is 15.1. The van der Waals surface area contributed by atoms with Gasteiger partial charge in [0.25, 0.3) is 0 Å². The summed E-state index contributed by atoms with van der Waals surface area (Å²) in [6, 6.07) is 19.2. The van der Waals surface area contributed by atoms with Crippen LogP contribution in [0.15, 0.2) is 59.1 Å². The lowest BCUT2D eigenvalue weighted by Crippen LogP contribution is -2.32. The van der Waals surface area contributed by atoms with Crippen LogP contribution in [0.5, 0.6) is 5.75 Å². The van der Waals surface area contributed by atoms with E-state index in [2.05, 4.69) is 82.4 Å². The number of aryl methyl sites for hydroxylation is 1. The van der Waals surface area contributed by atoms with E-state index in [4.69, 9.17) is 4.74 Å². The largest absolute Gasteiger partial charge is 0.473 e. The first-order valence-electron chi connectivity index (χ1n) is 7.36. The first-order chi connectivity index (χ1) is 10.7. The summed E-state index contributed by atoms with van der Waals surface area (Å²) in [5, 5.41) is 2.50. The van der Waals surface area contributed by atoms with Gasteiger partial charge in [0, 0.05) is 15.7 Å². The van der Waals surface area contributed by atoms with Gasteiger partial charge in [0.1, 0.15) is 5.75 Å². The molecule has 3 aromatic carbocycles. The minimum atomic E-state index is 0.596. The van der Waals surface area contributed by atoms with Crippen LogP contribution in [0.4, 0.5) is 5.69 Å². The van der Waals surface area contributed by atoms with E-state index in [1.807, 2.05) is 0 Å². The van der Waals surface area contributed by atoms with Gasteiger partial charge >= 0.3 is 0 Å². The Hall–Kier alpha value is -2.00. The first-order valence-corrected chi connectivity index (χ1v) is 8.15. The van der Waals surface area contributed by atoms with E-state index < -0.39 is 0 Å². The second kappa shape index (κ2) is 5.33. The molecule has 0 atom stereocenters. The predicted octanol–water partition coefficient (Wildman–Crippen LogP) is 5.27. The summed E-state index contributed by atoms with van der Waals surface area (Å²) in [7, 11) is 0. The molecule has 0 fully saturated rings. The van der Waals surface area contributed by atoms with E-state index in [0.29, 0.717) is 6.73 Å². The van der Waals surface area contributed by atoms with Crippen molar-refractivity contribution in [3.8, 4) is 5.75 Å². The molecular weight excluding hydrogens is 338 g/mol. The van der Waals surface area contributed by atoms with Gasteiger partial charge in [-0.15, -0.1) is 0 Å². The maximum atomic E-state index is 5.98. The number of nitrogens with zero attached hydrogens (tertiary/aromatic N) is 1. The Bertz CT molecular complexity index is 859. The van der Waals surface area contributed by atoms with Crippen molar-refractivity contribution in [1.82, 2.24) is 0 Å². The predicted molar refractivity (Wildman–Crippen MR) is 94.5 cm³/mol. The van der Waals surface area contributed by atoms with Crippen molar-refractivity contribution in [3.63, 3.8) is 0 Å². The molecule has 0 amide bonds. The number of anilines is 1. The van der Waals surface area contributed by atoms with Crippen LogP contribution >= 0.6 is 15.9 Å². The van der Waals surface area contributed by atoms with E-state index in [1.165, 1.54) is 27.6 Å². The summed E-state index contributed by atoms with van der Waals surface area (Å²) in [4.78, 5) is 2.27. The number of hydrogen-bond donors (Lipinski definition) is 0. The van der Waals surface area contributed by atoms with Gasteiger partial charge in [-0.1, -0.05) is 40.2 Å². The minimum Gasteiger partial charge on any atom is -0.473 e. The number of fused-ring (bicyclic) bond motifs is 3. The quantitative estimate of drug-likeness (QED) is 0.591. The molecule has 3 heteroatoms. The molecule has 0 bridgehead atoms. The Morgan fingerprint density at radius 1 is 1.05 bits per heavy atom. The highest BCUT2D eigenvalue weighted by Gasteiger charge is 2.20. The first kappa shape index (κ1) is 13.6. The molecule has 1 aliphatic rings. The number of ether oxygens (including phenoxy) is 1. The molecule has 0 aliphatic carbocycles. The lowest BCUT2D eigenvalue weighted by Gasteiger charge is -2.31. The summed E-state index contributed by atoms with van der Waals surface area (Å²) in [5.41, 5.74) is 3.74. The highest BCUT2D eigenvalue weighted by Crippen LogP contribution is 2.35. The van der Waals surface area contributed by atoms with Crippen LogP contribution < -0.4 is 9.64 Å². The van der Waals surface area contributed by atoms with Crippen LogP contribution in [0.25, 0.3) is 10.8 Å². The van der Waals surface area contributed by atoms with Crippen LogP contribution in [-0.2, 0) is 6.54 Å². The summed E-state index contributed by atoms with van der Waals surface area (Å²) in [6.07, 6.45) is 0. The molecule has 0 aromatic heterocycles. The zero-order valence-corrected chi connectivity index (χ0v) is 13.9. The molecule has 0 N–H and O–H groups in total. The van der Waals surface area contributed by atoms with E-state index in [1.54, 1.807) is 0 Å². The second-order valence-electron chi connectivity index (χ2n) is 5.72. The second-order valence-corrected chi connectivity index (χ2v) is 6.63. The Morgan fingerprint density at radius 3 is 2.82 bits per heavy atom. The third kappa shape index (κ3) is 2.35. The number of halogens is 1. The van der Waals surface area contributed by atoms with Gasteiger partial charge in [-0.25, -0.2) is 0 Å². The fraction of sp³-hybridized carbons (Fsp3) is 0.158. The minimum absolute atomic E-state index is 0.596. The fourth-order valence-corrected chi connectivity index (χ4v) is 3.40. The molecule has 0 spiro atoms. The van der Waals surface area contributed by atoms with Gasteiger partial charge in [0.2, 0.25) is 0 Å². The molecule has 110 valence electrons. The molecule has 1 heterocycles. The lowest BCUT2D eigenvalue weighted by molar-refractivity contribution is 0.290. The summed E-state index contributed by atoms with van der Waals surface area (Å²) in [5.74, 6) is 0.999. The molecule has 22 heavy (non-hydrogen) atoms. The van der Waals surface area contributed by atoms with E-state index in [-0.39, 0.29) is 0 Å². The van der Waals surface area contributed by atoms with Gasteiger partial charge in [0.05, 0.1) is 6.54 Å². The molecule has 0 saturated heterocycles. The number of hydrogen-bond acceptors (Lipinski definition) is 2. The molecule has 3 aromatic rings. The van der Waals surface area contributed by atoms with Crippen molar-refractivity contribution in [2.24, 2.45) is 0 Å². The standard InChI is InChI=1S/C19H16BrNO/c1-13-3-2-4-16(9-13)21-11-18-17-7-6-15(20)10-14(17)5-8-19(18)22-12-21/h2-10H,11-12H2,1H3. The Morgan fingerprint density at radius 2 is 1.95 bits per heavy atom. The molecule has 0 unspecified atom stereocenters. The van der Waals surface area contributed by atoms with E-state index in [0.717, 1.165) is 16.8 Å². The normalized spacial score (nSPS) is 13.8. The molecule has 0 saturated carbocycles. The van der Waals surface area contributed by atoms with Crippen molar-refractivity contribution in [2.45, 2.75) is 13.5 Å². The van der Waals surface area contributed by atoms with E-state index >= 15 is 0 Å². The van der Waals surface area contributed by atoms with Gasteiger partial charge in [-0.2, -0.15) is 0 Å². The average molecular weight is 354 g/mol. The topological polar surface area (TPSA) is 12.5 Å². The maximum Gasteiger partial charge on any atom is 0.161 e. The highest BCUT2D eigenvalue weighted by atomic mass is 79.9. The summed E-state index contributed by atoms with van der Waals surface area (Å²) >= 11 is 3.54. The van der Waals surface area contributed by atoms with Crippen molar-refractivity contribution < 1.29 is 4.74 Å². The molecule has 2 nitrogen and oxygen atoms in total. The number of rotatable bonds is 1. The Balaban J connectivity index is 1.78. The van der Waals surface area contributed by atoms with Gasteiger partial charge in [-0.05, 0) is 53.6 Å². The molecular formula is C19H16BrNO. The summed E-state index contributed by atoms with van der Waals surface area (Å²) in [6.45, 7) is 3.59. The van der Waals surface area contributed by atoms with Crippen molar-refractivity contribution in [2.75, 3.05) is 11.6 Å². The van der Waals surface area contributed by atoms with Crippen LogP contribution in [0.1, 0.15) is 11.1 Å². The van der Waals surface area contributed by atoms with Crippen LogP contribution in [0.2, 0.25) is 0 Å². The van der Waals surface area contributed by atoms with Crippen molar-refractivity contribution in [3.05, 3.63) is 70.2 Å². The van der Waals surface area contributed by atoms with Crippen LogP contribution in [0.3, 0.4) is 0 Å². The third-order valence-electron chi connectivity index (χ3n) is 4.14. The lowest BCUT2D eigenvalue weighted by atomic mass is 10.0. The highest BCUT2D eigenvalue weighted by molar-refractivity contribution is 9.10. The number of benzene rings is 3. The molecule has 1 aliphatic heterocycles. The smallest absolute Gasteiger partial charge is 0.161 e. The Labute approximate surface area is 138 Å². The van der Waals surface area contributed by atoms with Crippen LogP contribution in [-0.4, -0.2) is 6.73 Å².